The summed E-state index contributed by atoms with van der Waals surface area (Å²) in [5, 5.41) is 7.05. The van der Waals surface area contributed by atoms with E-state index in [1.54, 1.807) is 0 Å². The van der Waals surface area contributed by atoms with Gasteiger partial charge in [0.25, 0.3) is 0 Å². The molecular formula is C22H39N5O2S. The lowest BCUT2D eigenvalue weighted by molar-refractivity contribution is -0.00684. The minimum atomic E-state index is 0.0145. The van der Waals surface area contributed by atoms with Crippen molar-refractivity contribution in [1.82, 2.24) is 20.4 Å². The predicted octanol–water partition coefficient (Wildman–Crippen LogP) is 2.10. The van der Waals surface area contributed by atoms with Crippen molar-refractivity contribution in [3.63, 3.8) is 0 Å². The molecule has 0 bridgehead atoms. The first-order chi connectivity index (χ1) is 14.5. The SMILES string of the molecule is CCNC(=NCC(C)(C)N1CCOCC1)NCC(c1ccc(C)s1)N1CCOCC1. The number of ether oxygens (including phenoxy) is 2. The first kappa shape index (κ1) is 23.5. The standard InChI is InChI=1S/C22H39N5O2S/c1-5-23-21(25-17-22(3,4)27-10-14-29-15-11-27)24-16-19(20-7-6-18(2)30-20)26-8-12-28-13-9-26/h6-7,19H,5,8-17H2,1-4H3,(H2,23,24,25). The van der Waals surface area contributed by atoms with E-state index < -0.39 is 0 Å². The van der Waals surface area contributed by atoms with Crippen LogP contribution in [0.15, 0.2) is 17.1 Å². The molecule has 0 saturated carbocycles. The number of hydrogen-bond acceptors (Lipinski definition) is 6. The van der Waals surface area contributed by atoms with Crippen molar-refractivity contribution >= 4 is 17.3 Å². The predicted molar refractivity (Wildman–Crippen MR) is 125 cm³/mol. The van der Waals surface area contributed by atoms with E-state index in [1.807, 2.05) is 11.3 Å². The highest BCUT2D eigenvalue weighted by atomic mass is 32.1. The summed E-state index contributed by atoms with van der Waals surface area (Å²) in [6.07, 6.45) is 0. The van der Waals surface area contributed by atoms with Gasteiger partial charge in [-0.2, -0.15) is 0 Å². The Morgan fingerprint density at radius 3 is 2.37 bits per heavy atom. The van der Waals surface area contributed by atoms with Crippen molar-refractivity contribution in [2.24, 2.45) is 4.99 Å². The number of nitrogens with zero attached hydrogens (tertiary/aromatic N) is 3. The van der Waals surface area contributed by atoms with Crippen LogP contribution in [0.3, 0.4) is 0 Å². The molecule has 7 nitrogen and oxygen atoms in total. The van der Waals surface area contributed by atoms with Gasteiger partial charge in [0, 0.05) is 54.6 Å². The van der Waals surface area contributed by atoms with Crippen LogP contribution in [-0.2, 0) is 9.47 Å². The number of rotatable bonds is 8. The van der Waals surface area contributed by atoms with Crippen LogP contribution in [0.5, 0.6) is 0 Å². The molecule has 2 aliphatic rings. The van der Waals surface area contributed by atoms with Crippen LogP contribution >= 0.6 is 11.3 Å². The average molecular weight is 438 g/mol. The number of aliphatic imine (C=N–C) groups is 1. The normalized spacial score (nSPS) is 20.9. The Labute approximate surface area is 185 Å². The zero-order valence-electron chi connectivity index (χ0n) is 19.1. The minimum absolute atomic E-state index is 0.0145. The summed E-state index contributed by atoms with van der Waals surface area (Å²) < 4.78 is 11.1. The van der Waals surface area contributed by atoms with Gasteiger partial charge >= 0.3 is 0 Å². The van der Waals surface area contributed by atoms with E-state index in [0.717, 1.165) is 78.2 Å². The molecule has 1 aromatic heterocycles. The summed E-state index contributed by atoms with van der Waals surface area (Å²) in [7, 11) is 0. The highest BCUT2D eigenvalue weighted by Crippen LogP contribution is 2.28. The fourth-order valence-electron chi connectivity index (χ4n) is 4.01. The fraction of sp³-hybridized carbons (Fsp3) is 0.773. The number of aryl methyl sites for hydroxylation is 1. The van der Waals surface area contributed by atoms with Crippen molar-refractivity contribution < 1.29 is 9.47 Å². The highest BCUT2D eigenvalue weighted by Gasteiger charge is 2.28. The van der Waals surface area contributed by atoms with Crippen LogP contribution in [-0.4, -0.2) is 93.5 Å². The number of hydrogen-bond donors (Lipinski definition) is 2. The van der Waals surface area contributed by atoms with E-state index >= 15 is 0 Å². The smallest absolute Gasteiger partial charge is 0.191 e. The number of guanidine groups is 1. The molecule has 1 unspecified atom stereocenters. The van der Waals surface area contributed by atoms with Gasteiger partial charge in [-0.3, -0.25) is 14.8 Å². The van der Waals surface area contributed by atoms with E-state index in [4.69, 9.17) is 14.5 Å². The van der Waals surface area contributed by atoms with Crippen LogP contribution < -0.4 is 10.6 Å². The third-order valence-corrected chi connectivity index (χ3v) is 6.98. The van der Waals surface area contributed by atoms with Gasteiger partial charge < -0.3 is 20.1 Å². The summed E-state index contributed by atoms with van der Waals surface area (Å²) in [6.45, 7) is 18.4. The zero-order valence-corrected chi connectivity index (χ0v) is 19.9. The maximum atomic E-state index is 5.58. The molecule has 2 saturated heterocycles. The molecule has 30 heavy (non-hydrogen) atoms. The first-order valence-corrected chi connectivity index (χ1v) is 12.0. The van der Waals surface area contributed by atoms with Gasteiger partial charge in [0.2, 0.25) is 0 Å². The Hall–Kier alpha value is -1.19. The average Bonchev–Trinajstić information content (AvgIpc) is 3.19. The second-order valence-corrected chi connectivity index (χ2v) is 9.92. The Balaban J connectivity index is 1.65. The summed E-state index contributed by atoms with van der Waals surface area (Å²) >= 11 is 1.89. The second-order valence-electron chi connectivity index (χ2n) is 8.60. The molecule has 170 valence electrons. The van der Waals surface area contributed by atoms with E-state index in [0.29, 0.717) is 6.04 Å². The monoisotopic (exact) mass is 437 g/mol. The van der Waals surface area contributed by atoms with E-state index in [2.05, 4.69) is 60.3 Å². The topological polar surface area (TPSA) is 61.4 Å². The molecule has 0 radical (unpaired) electrons. The molecule has 0 amide bonds. The Kier molecular flexibility index (Phi) is 8.95. The second kappa shape index (κ2) is 11.4. The largest absolute Gasteiger partial charge is 0.379 e. The van der Waals surface area contributed by atoms with Crippen molar-refractivity contribution in [3.05, 3.63) is 21.9 Å². The quantitative estimate of drug-likeness (QED) is 0.480. The molecule has 2 aliphatic heterocycles. The molecule has 0 aliphatic carbocycles. The van der Waals surface area contributed by atoms with E-state index in [1.165, 1.54) is 9.75 Å². The van der Waals surface area contributed by atoms with Gasteiger partial charge in [-0.05, 0) is 39.8 Å². The molecule has 2 N–H and O–H groups in total. The van der Waals surface area contributed by atoms with Gasteiger partial charge in [-0.25, -0.2) is 0 Å². The lowest BCUT2D eigenvalue weighted by atomic mass is 10.0. The maximum Gasteiger partial charge on any atom is 0.191 e. The molecule has 0 spiro atoms. The Morgan fingerprint density at radius 2 is 1.77 bits per heavy atom. The lowest BCUT2D eigenvalue weighted by Gasteiger charge is -2.40. The molecular weight excluding hydrogens is 398 g/mol. The van der Waals surface area contributed by atoms with Gasteiger partial charge in [-0.1, -0.05) is 0 Å². The van der Waals surface area contributed by atoms with Gasteiger partial charge in [-0.15, -0.1) is 11.3 Å². The third-order valence-electron chi connectivity index (χ3n) is 5.87. The summed E-state index contributed by atoms with van der Waals surface area (Å²) in [4.78, 5) is 12.7. The minimum Gasteiger partial charge on any atom is -0.379 e. The summed E-state index contributed by atoms with van der Waals surface area (Å²) in [6, 6.07) is 4.83. The van der Waals surface area contributed by atoms with E-state index in [-0.39, 0.29) is 5.54 Å². The number of morpholine rings is 2. The molecule has 8 heteroatoms. The highest BCUT2D eigenvalue weighted by molar-refractivity contribution is 7.12. The van der Waals surface area contributed by atoms with Crippen LogP contribution in [0.2, 0.25) is 0 Å². The summed E-state index contributed by atoms with van der Waals surface area (Å²) in [5.74, 6) is 0.894. The van der Waals surface area contributed by atoms with Crippen LogP contribution in [0.4, 0.5) is 0 Å². The zero-order chi connectivity index (χ0) is 21.4. The third kappa shape index (κ3) is 6.65. The molecule has 3 heterocycles. The van der Waals surface area contributed by atoms with Crippen molar-refractivity contribution in [3.8, 4) is 0 Å². The maximum absolute atomic E-state index is 5.58. The molecule has 0 aromatic carbocycles. The van der Waals surface area contributed by atoms with E-state index in [9.17, 15) is 0 Å². The van der Waals surface area contributed by atoms with Gasteiger partial charge in [0.05, 0.1) is 39.0 Å². The summed E-state index contributed by atoms with van der Waals surface area (Å²) in [5.41, 5.74) is 0.0145. The Bertz CT molecular complexity index is 666. The van der Waals surface area contributed by atoms with Crippen LogP contribution in [0.25, 0.3) is 0 Å². The first-order valence-electron chi connectivity index (χ1n) is 11.2. The van der Waals surface area contributed by atoms with Crippen molar-refractivity contribution in [2.45, 2.75) is 39.3 Å². The number of thiophene rings is 1. The lowest BCUT2D eigenvalue weighted by Crippen LogP contribution is -2.52. The molecule has 1 atom stereocenters. The van der Waals surface area contributed by atoms with Crippen LogP contribution in [0.1, 0.15) is 36.6 Å². The molecule has 1 aromatic rings. The molecule has 3 rings (SSSR count). The number of nitrogens with one attached hydrogen (secondary N) is 2. The van der Waals surface area contributed by atoms with Crippen molar-refractivity contribution in [1.29, 1.82) is 0 Å². The van der Waals surface area contributed by atoms with Gasteiger partial charge in [0.1, 0.15) is 0 Å². The Morgan fingerprint density at radius 1 is 1.10 bits per heavy atom. The van der Waals surface area contributed by atoms with Gasteiger partial charge in [0.15, 0.2) is 5.96 Å². The molecule has 2 fully saturated rings. The van der Waals surface area contributed by atoms with Crippen molar-refractivity contribution in [2.75, 3.05) is 72.2 Å². The fourth-order valence-corrected chi connectivity index (χ4v) is 5.02. The van der Waals surface area contributed by atoms with Crippen LogP contribution in [0, 0.1) is 6.92 Å².